The number of benzene rings is 3. The van der Waals surface area contributed by atoms with Gasteiger partial charge in [-0.05, 0) is 40.2 Å². The maximum atomic E-state index is 13.1. The van der Waals surface area contributed by atoms with Crippen molar-refractivity contribution in [2.24, 2.45) is 5.10 Å². The lowest BCUT2D eigenvalue weighted by molar-refractivity contribution is -0.128. The van der Waals surface area contributed by atoms with Crippen molar-refractivity contribution in [3.8, 4) is 5.75 Å². The summed E-state index contributed by atoms with van der Waals surface area (Å²) >= 11 is 0.676. The molecule has 2 heterocycles. The topological polar surface area (TPSA) is 99.1 Å². The first-order valence-corrected chi connectivity index (χ1v) is 10.7. The van der Waals surface area contributed by atoms with Gasteiger partial charge >= 0.3 is 0 Å². The predicted octanol–water partition coefficient (Wildman–Crippen LogP) is 4.09. The van der Waals surface area contributed by atoms with Gasteiger partial charge in [-0.1, -0.05) is 54.6 Å². The number of aromatic hydroxyl groups is 1. The third-order valence-electron chi connectivity index (χ3n) is 5.41. The van der Waals surface area contributed by atoms with Crippen molar-refractivity contribution in [1.29, 1.82) is 0 Å². The summed E-state index contributed by atoms with van der Waals surface area (Å²) in [5.74, 6) is -1.09. The molecule has 3 aromatic carbocycles. The number of amides is 3. The van der Waals surface area contributed by atoms with Crippen LogP contribution in [0, 0.1) is 0 Å². The van der Waals surface area contributed by atoms with Gasteiger partial charge < -0.3 is 5.11 Å². The summed E-state index contributed by atoms with van der Waals surface area (Å²) in [7, 11) is 0. The Labute approximate surface area is 187 Å². The first-order valence-electron chi connectivity index (χ1n) is 9.92. The van der Waals surface area contributed by atoms with Crippen LogP contribution in [0.4, 0.5) is 4.79 Å². The number of thioether (sulfide) groups is 1. The van der Waals surface area contributed by atoms with Crippen LogP contribution in [-0.4, -0.2) is 32.9 Å². The van der Waals surface area contributed by atoms with Crippen LogP contribution in [0.25, 0.3) is 10.8 Å². The van der Waals surface area contributed by atoms with Crippen LogP contribution in [0.1, 0.15) is 23.6 Å². The lowest BCUT2D eigenvalue weighted by Gasteiger charge is -2.21. The van der Waals surface area contributed by atoms with Gasteiger partial charge in [0.1, 0.15) is 5.75 Å². The van der Waals surface area contributed by atoms with Crippen molar-refractivity contribution >= 4 is 45.3 Å². The van der Waals surface area contributed by atoms with E-state index in [1.807, 2.05) is 42.5 Å². The summed E-state index contributed by atoms with van der Waals surface area (Å²) in [5.41, 5.74) is 2.11. The molecule has 1 fully saturated rings. The van der Waals surface area contributed by atoms with Gasteiger partial charge in [0, 0.05) is 18.1 Å². The molecule has 0 aliphatic carbocycles. The van der Waals surface area contributed by atoms with Gasteiger partial charge in [-0.15, -0.1) is 0 Å². The molecule has 0 saturated carbocycles. The van der Waals surface area contributed by atoms with E-state index in [-0.39, 0.29) is 10.7 Å². The highest BCUT2D eigenvalue weighted by molar-refractivity contribution is 8.18. The van der Waals surface area contributed by atoms with Crippen LogP contribution < -0.4 is 5.32 Å². The van der Waals surface area contributed by atoms with E-state index in [1.54, 1.807) is 24.3 Å². The fraction of sp³-hybridized carbons (Fsp3) is 0.0833. The smallest absolute Gasteiger partial charge is 0.290 e. The van der Waals surface area contributed by atoms with E-state index >= 15 is 0 Å². The van der Waals surface area contributed by atoms with Crippen molar-refractivity contribution in [2.75, 3.05) is 0 Å². The Morgan fingerprint density at radius 1 is 1.06 bits per heavy atom. The third kappa shape index (κ3) is 3.65. The molecule has 0 radical (unpaired) electrons. The summed E-state index contributed by atoms with van der Waals surface area (Å²) < 4.78 is 0. The van der Waals surface area contributed by atoms with Crippen LogP contribution in [0.15, 0.2) is 82.8 Å². The van der Waals surface area contributed by atoms with E-state index < -0.39 is 23.1 Å². The number of hydrazone groups is 1. The average Bonchev–Trinajstić information content (AvgIpc) is 3.37. The highest BCUT2D eigenvalue weighted by atomic mass is 32.2. The molecule has 3 aromatic rings. The number of carbonyl (C=O) groups excluding carboxylic acids is 3. The monoisotopic (exact) mass is 443 g/mol. The molecular formula is C24H17N3O4S. The summed E-state index contributed by atoms with van der Waals surface area (Å²) in [6.07, 6.45) is 1.51. The molecule has 7 nitrogen and oxygen atoms in total. The molecule has 8 heteroatoms. The first kappa shape index (κ1) is 20.0. The number of phenols is 1. The maximum Gasteiger partial charge on any atom is 0.290 e. The van der Waals surface area contributed by atoms with E-state index in [0.717, 1.165) is 22.4 Å². The SMILES string of the molecule is O=C1NC(=O)C(=CC(=O)N2N=C(c3ccc4ccccc4c3)CC2c2ccccc2O)S1. The zero-order valence-corrected chi connectivity index (χ0v) is 17.5. The average molecular weight is 443 g/mol. The minimum Gasteiger partial charge on any atom is -0.508 e. The Hall–Kier alpha value is -3.91. The Kier molecular flexibility index (Phi) is 4.99. The van der Waals surface area contributed by atoms with Gasteiger partial charge in [-0.3, -0.25) is 19.7 Å². The zero-order valence-electron chi connectivity index (χ0n) is 16.7. The Bertz CT molecular complexity index is 1350. The number of nitrogens with zero attached hydrogens (tertiary/aromatic N) is 2. The largest absolute Gasteiger partial charge is 0.508 e. The van der Waals surface area contributed by atoms with Gasteiger partial charge in [-0.2, -0.15) is 5.10 Å². The van der Waals surface area contributed by atoms with Gasteiger partial charge in [0.2, 0.25) is 0 Å². The number of fused-ring (bicyclic) bond motifs is 1. The zero-order chi connectivity index (χ0) is 22.2. The second-order valence-corrected chi connectivity index (χ2v) is 8.44. The number of hydrogen-bond acceptors (Lipinski definition) is 6. The predicted molar refractivity (Wildman–Crippen MR) is 122 cm³/mol. The van der Waals surface area contributed by atoms with Gasteiger partial charge in [0.25, 0.3) is 17.1 Å². The molecule has 3 amide bonds. The number of phenolic OH excluding ortho intramolecular Hbond substituents is 1. The summed E-state index contributed by atoms with van der Waals surface area (Å²) in [6, 6.07) is 20.2. The second-order valence-electron chi connectivity index (χ2n) is 7.42. The fourth-order valence-electron chi connectivity index (χ4n) is 3.87. The molecule has 32 heavy (non-hydrogen) atoms. The minimum atomic E-state index is -0.606. The highest BCUT2D eigenvalue weighted by Gasteiger charge is 2.35. The molecule has 1 saturated heterocycles. The van der Waals surface area contributed by atoms with Crippen molar-refractivity contribution in [3.05, 3.63) is 88.8 Å². The Morgan fingerprint density at radius 2 is 1.81 bits per heavy atom. The van der Waals surface area contributed by atoms with E-state index in [2.05, 4.69) is 10.4 Å². The molecule has 158 valence electrons. The molecule has 5 rings (SSSR count). The second kappa shape index (κ2) is 7.97. The van der Waals surface area contributed by atoms with Crippen molar-refractivity contribution in [1.82, 2.24) is 10.3 Å². The summed E-state index contributed by atoms with van der Waals surface area (Å²) in [4.78, 5) is 36.4. The molecule has 0 spiro atoms. The van der Waals surface area contributed by atoms with Gasteiger partial charge in [0.05, 0.1) is 16.7 Å². The molecule has 0 bridgehead atoms. The normalized spacial score (nSPS) is 19.5. The standard InChI is InChI=1S/C24H17N3O4S/c28-20-8-4-3-7-17(20)19-12-18(16-10-9-14-5-1-2-6-15(14)11-16)26-27(19)22(29)13-21-23(30)25-24(31)32-21/h1-11,13,19,28H,12H2,(H,25,30,31). The van der Waals surface area contributed by atoms with E-state index in [9.17, 15) is 19.5 Å². The molecule has 2 aliphatic rings. The molecular weight excluding hydrogens is 426 g/mol. The number of imide groups is 1. The lowest BCUT2D eigenvalue weighted by Crippen LogP contribution is -2.26. The van der Waals surface area contributed by atoms with Crippen molar-refractivity contribution < 1.29 is 19.5 Å². The number of carbonyl (C=O) groups is 3. The van der Waals surface area contributed by atoms with Gasteiger partial charge in [0.15, 0.2) is 0 Å². The molecule has 1 atom stereocenters. The first-order chi connectivity index (χ1) is 15.5. The summed E-state index contributed by atoms with van der Waals surface area (Å²) in [5, 5.41) is 20.0. The number of para-hydroxylation sites is 1. The van der Waals surface area contributed by atoms with Crippen LogP contribution in [-0.2, 0) is 9.59 Å². The lowest BCUT2D eigenvalue weighted by atomic mass is 9.96. The number of rotatable bonds is 3. The molecule has 1 unspecified atom stereocenters. The van der Waals surface area contributed by atoms with Crippen molar-refractivity contribution in [2.45, 2.75) is 12.5 Å². The van der Waals surface area contributed by atoms with E-state index in [0.29, 0.717) is 29.5 Å². The third-order valence-corrected chi connectivity index (χ3v) is 6.22. The van der Waals surface area contributed by atoms with E-state index in [4.69, 9.17) is 0 Å². The Balaban J connectivity index is 1.54. The van der Waals surface area contributed by atoms with Crippen LogP contribution in [0.2, 0.25) is 0 Å². The molecule has 2 N–H and O–H groups in total. The highest BCUT2D eigenvalue weighted by Crippen LogP contribution is 2.38. The van der Waals surface area contributed by atoms with Crippen LogP contribution >= 0.6 is 11.8 Å². The summed E-state index contributed by atoms with van der Waals surface area (Å²) in [6.45, 7) is 0. The minimum absolute atomic E-state index is 0.0189. The number of nitrogens with one attached hydrogen (secondary N) is 1. The number of hydrogen-bond donors (Lipinski definition) is 2. The van der Waals surface area contributed by atoms with Crippen LogP contribution in [0.3, 0.4) is 0 Å². The molecule has 0 aromatic heterocycles. The molecule has 2 aliphatic heterocycles. The van der Waals surface area contributed by atoms with E-state index in [1.165, 1.54) is 5.01 Å². The fourth-order valence-corrected chi connectivity index (χ4v) is 4.51. The van der Waals surface area contributed by atoms with Crippen molar-refractivity contribution in [3.63, 3.8) is 0 Å². The van der Waals surface area contributed by atoms with Gasteiger partial charge in [-0.25, -0.2) is 5.01 Å². The quantitative estimate of drug-likeness (QED) is 0.594. The maximum absolute atomic E-state index is 13.1. The van der Waals surface area contributed by atoms with Crippen LogP contribution in [0.5, 0.6) is 5.75 Å². The Morgan fingerprint density at radius 3 is 2.56 bits per heavy atom.